The molecular weight excluding hydrogens is 292 g/mol. The van der Waals surface area contributed by atoms with Gasteiger partial charge in [0.15, 0.2) is 5.96 Å². The molecule has 1 rings (SSSR count). The van der Waals surface area contributed by atoms with Crippen molar-refractivity contribution in [1.29, 1.82) is 0 Å². The maximum Gasteiger partial charge on any atom is 0.208 e. The summed E-state index contributed by atoms with van der Waals surface area (Å²) < 4.78 is 29.9. The van der Waals surface area contributed by atoms with E-state index in [2.05, 4.69) is 19.9 Å². The Bertz CT molecular complexity index is 425. The van der Waals surface area contributed by atoms with Gasteiger partial charge in [-0.15, -0.1) is 0 Å². The molecule has 0 aliphatic carbocycles. The van der Waals surface area contributed by atoms with E-state index >= 15 is 0 Å². The summed E-state index contributed by atoms with van der Waals surface area (Å²) in [5.74, 6) is 1.40. The number of sulfonamides is 1. The summed E-state index contributed by atoms with van der Waals surface area (Å²) in [5.41, 5.74) is 0. The third kappa shape index (κ3) is 7.63. The van der Waals surface area contributed by atoms with E-state index in [0.717, 1.165) is 51.5 Å². The summed E-state index contributed by atoms with van der Waals surface area (Å²) in [5, 5.41) is 3.26. The first kappa shape index (κ1) is 18.2. The summed E-state index contributed by atoms with van der Waals surface area (Å²) in [7, 11) is -3.14. The minimum absolute atomic E-state index is 0.323. The lowest BCUT2D eigenvalue weighted by atomic mass is 10.1. The summed E-state index contributed by atoms with van der Waals surface area (Å²) in [6.07, 6.45) is 2.26. The number of hydrogen-bond acceptors (Lipinski definition) is 4. The van der Waals surface area contributed by atoms with E-state index in [9.17, 15) is 8.42 Å². The lowest BCUT2D eigenvalue weighted by molar-refractivity contribution is 0.114. The number of nitrogens with zero attached hydrogens (tertiary/aromatic N) is 2. The van der Waals surface area contributed by atoms with Crippen molar-refractivity contribution >= 4 is 16.0 Å². The fourth-order valence-electron chi connectivity index (χ4n) is 2.26. The molecule has 1 aliphatic heterocycles. The largest absolute Gasteiger partial charge is 0.381 e. The van der Waals surface area contributed by atoms with Gasteiger partial charge < -0.3 is 15.0 Å². The highest BCUT2D eigenvalue weighted by Crippen LogP contribution is 2.16. The number of hydrogen-bond donors (Lipinski definition) is 2. The second-order valence-electron chi connectivity index (χ2n) is 5.16. The third-order valence-electron chi connectivity index (χ3n) is 3.22. The Labute approximate surface area is 128 Å². The molecule has 7 nitrogen and oxygen atoms in total. The molecule has 1 atom stereocenters. The Balaban J connectivity index is 2.45. The van der Waals surface area contributed by atoms with Gasteiger partial charge >= 0.3 is 0 Å². The molecule has 1 aliphatic rings. The van der Waals surface area contributed by atoms with Gasteiger partial charge in [0.25, 0.3) is 0 Å². The van der Waals surface area contributed by atoms with Crippen LogP contribution in [0.15, 0.2) is 4.99 Å². The number of rotatable bonds is 8. The highest BCUT2D eigenvalue weighted by molar-refractivity contribution is 7.88. The zero-order valence-electron chi connectivity index (χ0n) is 13.3. The molecule has 0 aromatic rings. The minimum Gasteiger partial charge on any atom is -0.381 e. The smallest absolute Gasteiger partial charge is 0.208 e. The SMILES string of the molecule is CCNC(=NCCNS(C)(=O)=O)N1CCC(COCC)C1. The molecule has 8 heteroatoms. The van der Waals surface area contributed by atoms with Crippen molar-refractivity contribution in [2.75, 3.05) is 52.2 Å². The summed E-state index contributed by atoms with van der Waals surface area (Å²) >= 11 is 0. The van der Waals surface area contributed by atoms with Crippen molar-refractivity contribution in [2.45, 2.75) is 20.3 Å². The first-order valence-corrected chi connectivity index (χ1v) is 9.41. The monoisotopic (exact) mass is 320 g/mol. The van der Waals surface area contributed by atoms with Gasteiger partial charge in [-0.3, -0.25) is 4.99 Å². The predicted octanol–water partition coefficient (Wildman–Crippen LogP) is -0.140. The van der Waals surface area contributed by atoms with Crippen LogP contribution in [0, 0.1) is 5.92 Å². The second-order valence-corrected chi connectivity index (χ2v) is 7.00. The van der Waals surface area contributed by atoms with Crippen molar-refractivity contribution < 1.29 is 13.2 Å². The topological polar surface area (TPSA) is 83.0 Å². The molecule has 2 N–H and O–H groups in total. The van der Waals surface area contributed by atoms with Crippen molar-refractivity contribution in [3.05, 3.63) is 0 Å². The molecule has 1 fully saturated rings. The van der Waals surface area contributed by atoms with Crippen molar-refractivity contribution in [3.8, 4) is 0 Å². The normalized spacial score (nSPS) is 20.0. The van der Waals surface area contributed by atoms with Gasteiger partial charge in [0.1, 0.15) is 0 Å². The molecular formula is C13H28N4O3S. The van der Waals surface area contributed by atoms with Gasteiger partial charge in [0.2, 0.25) is 10.0 Å². The lowest BCUT2D eigenvalue weighted by Crippen LogP contribution is -2.40. The van der Waals surface area contributed by atoms with Gasteiger partial charge in [-0.05, 0) is 20.3 Å². The van der Waals surface area contributed by atoms with Crippen molar-refractivity contribution in [3.63, 3.8) is 0 Å². The Morgan fingerprint density at radius 1 is 1.43 bits per heavy atom. The van der Waals surface area contributed by atoms with Crippen LogP contribution in [0.1, 0.15) is 20.3 Å². The molecule has 0 bridgehead atoms. The maximum atomic E-state index is 11.0. The molecule has 1 heterocycles. The lowest BCUT2D eigenvalue weighted by Gasteiger charge is -2.21. The van der Waals surface area contributed by atoms with Crippen molar-refractivity contribution in [2.24, 2.45) is 10.9 Å². The zero-order valence-corrected chi connectivity index (χ0v) is 14.1. The van der Waals surface area contributed by atoms with Crippen LogP contribution in [0.2, 0.25) is 0 Å². The molecule has 21 heavy (non-hydrogen) atoms. The van der Waals surface area contributed by atoms with E-state index in [-0.39, 0.29) is 0 Å². The van der Waals surface area contributed by atoms with E-state index in [1.807, 2.05) is 13.8 Å². The quantitative estimate of drug-likeness (QED) is 0.369. The van der Waals surface area contributed by atoms with Crippen LogP contribution in [0.5, 0.6) is 0 Å². The maximum absolute atomic E-state index is 11.0. The minimum atomic E-state index is -3.14. The van der Waals surface area contributed by atoms with Crippen LogP contribution in [0.4, 0.5) is 0 Å². The van der Waals surface area contributed by atoms with E-state index < -0.39 is 10.0 Å². The van der Waals surface area contributed by atoms with Crippen LogP contribution in [0.25, 0.3) is 0 Å². The average molecular weight is 320 g/mol. The zero-order chi connectivity index (χ0) is 15.7. The summed E-state index contributed by atoms with van der Waals surface area (Å²) in [6.45, 7) is 9.03. The molecule has 1 saturated heterocycles. The molecule has 0 aromatic carbocycles. The highest BCUT2D eigenvalue weighted by atomic mass is 32.2. The number of ether oxygens (including phenoxy) is 1. The van der Waals surface area contributed by atoms with Gasteiger partial charge in [0, 0.05) is 38.7 Å². The fourth-order valence-corrected chi connectivity index (χ4v) is 2.73. The van der Waals surface area contributed by atoms with Crippen LogP contribution >= 0.6 is 0 Å². The van der Waals surface area contributed by atoms with Gasteiger partial charge in [-0.25, -0.2) is 13.1 Å². The molecule has 0 amide bonds. The second kappa shape index (κ2) is 9.22. The number of aliphatic imine (C=N–C) groups is 1. The van der Waals surface area contributed by atoms with Gasteiger partial charge in [-0.2, -0.15) is 0 Å². The van der Waals surface area contributed by atoms with Crippen LogP contribution in [-0.4, -0.2) is 71.5 Å². The molecule has 1 unspecified atom stereocenters. The third-order valence-corrected chi connectivity index (χ3v) is 3.94. The van der Waals surface area contributed by atoms with E-state index in [4.69, 9.17) is 4.74 Å². The van der Waals surface area contributed by atoms with E-state index in [0.29, 0.717) is 19.0 Å². The fraction of sp³-hybridized carbons (Fsp3) is 0.923. The summed E-state index contributed by atoms with van der Waals surface area (Å²) in [4.78, 5) is 6.69. The van der Waals surface area contributed by atoms with Gasteiger partial charge in [-0.1, -0.05) is 0 Å². The van der Waals surface area contributed by atoms with Crippen LogP contribution in [-0.2, 0) is 14.8 Å². The molecule has 124 valence electrons. The molecule has 0 saturated carbocycles. The Morgan fingerprint density at radius 3 is 2.81 bits per heavy atom. The first-order valence-electron chi connectivity index (χ1n) is 7.52. The molecule has 0 radical (unpaired) electrons. The van der Waals surface area contributed by atoms with Crippen LogP contribution in [0.3, 0.4) is 0 Å². The highest BCUT2D eigenvalue weighted by Gasteiger charge is 2.24. The number of likely N-dealkylation sites (tertiary alicyclic amines) is 1. The van der Waals surface area contributed by atoms with Crippen LogP contribution < -0.4 is 10.0 Å². The molecule has 0 spiro atoms. The molecule has 0 aromatic heterocycles. The van der Waals surface area contributed by atoms with E-state index in [1.54, 1.807) is 0 Å². The number of guanidine groups is 1. The van der Waals surface area contributed by atoms with Gasteiger partial charge in [0.05, 0.1) is 19.4 Å². The summed E-state index contributed by atoms with van der Waals surface area (Å²) in [6, 6.07) is 0. The number of nitrogens with one attached hydrogen (secondary N) is 2. The Kier molecular flexibility index (Phi) is 7.98. The standard InChI is InChI=1S/C13H28N4O3S/c1-4-14-13(15-7-8-16-21(3,18)19)17-9-6-12(10-17)11-20-5-2/h12,16H,4-11H2,1-3H3,(H,14,15). The average Bonchev–Trinajstić information content (AvgIpc) is 2.87. The predicted molar refractivity (Wildman–Crippen MR) is 85.0 cm³/mol. The Hall–Kier alpha value is -0.860. The van der Waals surface area contributed by atoms with E-state index in [1.165, 1.54) is 0 Å². The Morgan fingerprint density at radius 2 is 2.19 bits per heavy atom. The first-order chi connectivity index (χ1) is 9.96. The van der Waals surface area contributed by atoms with Crippen molar-refractivity contribution in [1.82, 2.24) is 14.9 Å².